The number of hydrogen-bond donors (Lipinski definition) is 3. The third-order valence-corrected chi connectivity index (χ3v) is 2.22. The first-order valence-electron chi connectivity index (χ1n) is 5.12. The Labute approximate surface area is 95.8 Å². The maximum absolute atomic E-state index is 11.2. The normalized spacial score (nSPS) is 10.6. The zero-order valence-electron chi connectivity index (χ0n) is 9.01. The minimum absolute atomic E-state index is 0.325. The van der Waals surface area contributed by atoms with Gasteiger partial charge in [0.25, 0.3) is 0 Å². The molecule has 90 valence electrons. The van der Waals surface area contributed by atoms with Gasteiger partial charge >= 0.3 is 5.69 Å². The second kappa shape index (κ2) is 4.64. The summed E-state index contributed by atoms with van der Waals surface area (Å²) in [4.78, 5) is 25.7. The van der Waals surface area contributed by atoms with E-state index in [4.69, 9.17) is 5.73 Å². The highest BCUT2D eigenvalue weighted by atomic mass is 16.1. The highest BCUT2D eigenvalue weighted by Gasteiger charge is 2.02. The van der Waals surface area contributed by atoms with Crippen LogP contribution >= 0.6 is 0 Å². The van der Waals surface area contributed by atoms with Crippen molar-refractivity contribution < 1.29 is 4.79 Å². The number of anilines is 1. The van der Waals surface area contributed by atoms with Crippen molar-refractivity contribution in [2.75, 3.05) is 11.9 Å². The van der Waals surface area contributed by atoms with Crippen LogP contribution in [0.2, 0.25) is 0 Å². The molecule has 0 aliphatic heterocycles. The van der Waals surface area contributed by atoms with E-state index in [0.29, 0.717) is 30.9 Å². The highest BCUT2D eigenvalue weighted by molar-refractivity contribution is 5.73. The molecule has 2 heterocycles. The lowest BCUT2D eigenvalue weighted by atomic mass is 10.3. The van der Waals surface area contributed by atoms with Crippen LogP contribution in [0.3, 0.4) is 0 Å². The van der Waals surface area contributed by atoms with E-state index in [1.54, 1.807) is 6.07 Å². The number of hydrogen-bond acceptors (Lipinski definition) is 5. The van der Waals surface area contributed by atoms with Crippen molar-refractivity contribution in [2.45, 2.75) is 12.8 Å². The Hall–Kier alpha value is -2.38. The van der Waals surface area contributed by atoms with Gasteiger partial charge in [-0.1, -0.05) is 0 Å². The third-order valence-electron chi connectivity index (χ3n) is 2.22. The molecule has 4 N–H and O–H groups in total. The number of aromatic amines is 1. The van der Waals surface area contributed by atoms with Gasteiger partial charge in [-0.05, 0) is 6.42 Å². The minimum Gasteiger partial charge on any atom is -0.370 e. The van der Waals surface area contributed by atoms with E-state index >= 15 is 0 Å². The second-order valence-corrected chi connectivity index (χ2v) is 3.53. The van der Waals surface area contributed by atoms with Crippen LogP contribution in [0.15, 0.2) is 17.2 Å². The molecule has 0 saturated carbocycles. The topological polar surface area (TPSA) is 118 Å². The van der Waals surface area contributed by atoms with Crippen molar-refractivity contribution in [1.82, 2.24) is 19.6 Å². The molecule has 1 amide bonds. The van der Waals surface area contributed by atoms with Crippen LogP contribution in [0.5, 0.6) is 0 Å². The molecule has 0 aliphatic rings. The largest absolute Gasteiger partial charge is 0.370 e. The summed E-state index contributed by atoms with van der Waals surface area (Å²) in [5, 5.41) is 9.13. The number of rotatable bonds is 5. The lowest BCUT2D eigenvalue weighted by Gasteiger charge is -2.03. The zero-order valence-corrected chi connectivity index (χ0v) is 9.01. The van der Waals surface area contributed by atoms with Crippen molar-refractivity contribution in [3.05, 3.63) is 22.9 Å². The fraction of sp³-hybridized carbons (Fsp3) is 0.333. The molecular formula is C9H12N6O2. The lowest BCUT2D eigenvalue weighted by Crippen LogP contribution is -2.13. The molecule has 2 aromatic rings. The maximum Gasteiger partial charge on any atom is 0.348 e. The van der Waals surface area contributed by atoms with E-state index in [-0.39, 0.29) is 11.6 Å². The van der Waals surface area contributed by atoms with E-state index < -0.39 is 0 Å². The number of fused-ring (bicyclic) bond motifs is 1. The number of nitrogens with zero attached hydrogens (tertiary/aromatic N) is 3. The van der Waals surface area contributed by atoms with Gasteiger partial charge in [-0.2, -0.15) is 5.10 Å². The Kier molecular flexibility index (Phi) is 3.03. The molecule has 0 aromatic carbocycles. The molecule has 2 rings (SSSR count). The molecule has 17 heavy (non-hydrogen) atoms. The van der Waals surface area contributed by atoms with E-state index in [9.17, 15) is 9.59 Å². The summed E-state index contributed by atoms with van der Waals surface area (Å²) >= 11 is 0. The van der Waals surface area contributed by atoms with Gasteiger partial charge in [-0.15, -0.1) is 0 Å². The molecule has 0 atom stereocenters. The summed E-state index contributed by atoms with van der Waals surface area (Å²) in [7, 11) is 0. The van der Waals surface area contributed by atoms with Crippen LogP contribution in [0, 0.1) is 0 Å². The smallest absolute Gasteiger partial charge is 0.348 e. The molecule has 8 heteroatoms. The monoisotopic (exact) mass is 236 g/mol. The summed E-state index contributed by atoms with van der Waals surface area (Å²) in [6.07, 6.45) is 2.35. The van der Waals surface area contributed by atoms with E-state index in [1.165, 1.54) is 10.7 Å². The van der Waals surface area contributed by atoms with Gasteiger partial charge in [0.05, 0.1) is 0 Å². The Morgan fingerprint density at radius 2 is 2.41 bits per heavy atom. The van der Waals surface area contributed by atoms with Gasteiger partial charge in [0, 0.05) is 19.0 Å². The Morgan fingerprint density at radius 3 is 3.18 bits per heavy atom. The molecule has 0 saturated heterocycles. The molecule has 8 nitrogen and oxygen atoms in total. The van der Waals surface area contributed by atoms with Crippen LogP contribution < -0.4 is 16.7 Å². The molecule has 0 aliphatic carbocycles. The van der Waals surface area contributed by atoms with E-state index in [1.807, 2.05) is 0 Å². The zero-order chi connectivity index (χ0) is 12.3. The van der Waals surface area contributed by atoms with Crippen LogP contribution in [0.25, 0.3) is 5.65 Å². The number of carbonyl (C=O) groups is 1. The molecular weight excluding hydrogens is 224 g/mol. The van der Waals surface area contributed by atoms with Crippen molar-refractivity contribution in [3.8, 4) is 0 Å². The van der Waals surface area contributed by atoms with Crippen molar-refractivity contribution in [1.29, 1.82) is 0 Å². The minimum atomic E-state index is -0.326. The summed E-state index contributed by atoms with van der Waals surface area (Å²) in [5.41, 5.74) is 5.18. The van der Waals surface area contributed by atoms with Gasteiger partial charge in [0.15, 0.2) is 5.65 Å². The molecule has 0 bridgehead atoms. The van der Waals surface area contributed by atoms with Crippen molar-refractivity contribution in [3.63, 3.8) is 0 Å². The summed E-state index contributed by atoms with van der Waals surface area (Å²) in [6, 6.07) is 1.64. The van der Waals surface area contributed by atoms with Gasteiger partial charge < -0.3 is 11.1 Å². The number of nitrogens with one attached hydrogen (secondary N) is 2. The van der Waals surface area contributed by atoms with Crippen LogP contribution in [-0.4, -0.2) is 32.0 Å². The van der Waals surface area contributed by atoms with Crippen molar-refractivity contribution in [2.24, 2.45) is 5.73 Å². The van der Waals surface area contributed by atoms with Crippen LogP contribution in [-0.2, 0) is 4.79 Å². The van der Waals surface area contributed by atoms with Gasteiger partial charge in [-0.3, -0.25) is 4.79 Å². The Morgan fingerprint density at radius 1 is 1.59 bits per heavy atom. The standard InChI is InChI=1S/C9H12N6O2/c10-6(16)2-1-3-11-7-4-8-13-14-9(17)15(8)5-12-7/h4-5,11H,1-3H2,(H2,10,16)(H,14,17). The Balaban J connectivity index is 2.00. The molecule has 0 fully saturated rings. The predicted octanol–water partition coefficient (Wildman–Crippen LogP) is -0.905. The number of aromatic nitrogens is 4. The first kappa shape index (κ1) is 11.1. The van der Waals surface area contributed by atoms with Gasteiger partial charge in [-0.25, -0.2) is 19.3 Å². The summed E-state index contributed by atoms with van der Waals surface area (Å²) < 4.78 is 1.30. The highest BCUT2D eigenvalue weighted by Crippen LogP contribution is 2.04. The van der Waals surface area contributed by atoms with Crippen LogP contribution in [0.1, 0.15) is 12.8 Å². The number of nitrogens with two attached hydrogens (primary N) is 1. The molecule has 0 radical (unpaired) electrons. The number of amides is 1. The average molecular weight is 236 g/mol. The van der Waals surface area contributed by atoms with Gasteiger partial charge in [0.1, 0.15) is 12.1 Å². The Bertz CT molecular complexity index is 586. The fourth-order valence-corrected chi connectivity index (χ4v) is 1.39. The number of H-pyrrole nitrogens is 1. The van der Waals surface area contributed by atoms with Crippen LogP contribution in [0.4, 0.5) is 5.82 Å². The lowest BCUT2D eigenvalue weighted by molar-refractivity contribution is -0.118. The summed E-state index contributed by atoms with van der Waals surface area (Å²) in [5.74, 6) is 0.273. The molecule has 0 spiro atoms. The fourth-order valence-electron chi connectivity index (χ4n) is 1.39. The van der Waals surface area contributed by atoms with Gasteiger partial charge in [0.2, 0.25) is 5.91 Å². The quantitative estimate of drug-likeness (QED) is 0.581. The van der Waals surface area contributed by atoms with E-state index in [2.05, 4.69) is 20.5 Å². The average Bonchev–Trinajstić information content (AvgIpc) is 2.66. The summed E-state index contributed by atoms with van der Waals surface area (Å²) in [6.45, 7) is 0.584. The first-order chi connectivity index (χ1) is 8.16. The SMILES string of the molecule is NC(=O)CCCNc1cc2n[nH]c(=O)n2cn1. The van der Waals surface area contributed by atoms with E-state index in [0.717, 1.165) is 0 Å². The molecule has 2 aromatic heterocycles. The number of carbonyl (C=O) groups excluding carboxylic acids is 1. The predicted molar refractivity (Wildman–Crippen MR) is 60.5 cm³/mol. The third kappa shape index (κ3) is 2.60. The molecule has 0 unspecified atom stereocenters. The number of primary amides is 1. The maximum atomic E-state index is 11.2. The second-order valence-electron chi connectivity index (χ2n) is 3.53. The van der Waals surface area contributed by atoms with Crippen molar-refractivity contribution >= 4 is 17.4 Å². The first-order valence-corrected chi connectivity index (χ1v) is 5.12.